The Labute approximate surface area is 124 Å². The van der Waals surface area contributed by atoms with Crippen LogP contribution in [0.3, 0.4) is 0 Å². The van der Waals surface area contributed by atoms with E-state index < -0.39 is 0 Å². The molecule has 0 spiro atoms. The third-order valence-corrected chi connectivity index (χ3v) is 4.60. The maximum Gasteiger partial charge on any atom is 0.125 e. The Balaban J connectivity index is 2.09. The molecule has 0 unspecified atom stereocenters. The largest absolute Gasteiger partial charge is 0.324 e. The Morgan fingerprint density at radius 1 is 1.35 bits per heavy atom. The molecule has 3 nitrogen and oxygen atoms in total. The van der Waals surface area contributed by atoms with Crippen molar-refractivity contribution in [2.45, 2.75) is 44.5 Å². The molecule has 1 aromatic carbocycles. The highest BCUT2D eigenvalue weighted by molar-refractivity contribution is 6.16. The van der Waals surface area contributed by atoms with Crippen LogP contribution in [0.15, 0.2) is 18.2 Å². The van der Waals surface area contributed by atoms with Crippen LogP contribution in [0.2, 0.25) is 0 Å². The van der Waals surface area contributed by atoms with Gasteiger partial charge in [-0.05, 0) is 49.8 Å². The minimum absolute atomic E-state index is 0.419. The second kappa shape index (κ2) is 5.46. The van der Waals surface area contributed by atoms with Crippen LogP contribution in [0, 0.1) is 17.2 Å². The molecule has 0 atom stereocenters. The third kappa shape index (κ3) is 2.29. The van der Waals surface area contributed by atoms with Crippen molar-refractivity contribution in [1.82, 2.24) is 9.55 Å². The second-order valence-electron chi connectivity index (χ2n) is 5.76. The van der Waals surface area contributed by atoms with Crippen LogP contribution in [0.25, 0.3) is 11.0 Å². The topological polar surface area (TPSA) is 41.6 Å². The van der Waals surface area contributed by atoms with Crippen LogP contribution in [0.5, 0.6) is 0 Å². The molecule has 2 aromatic rings. The lowest BCUT2D eigenvalue weighted by Crippen LogP contribution is -2.18. The average Bonchev–Trinajstić information content (AvgIpc) is 2.85. The maximum absolute atomic E-state index is 9.09. The summed E-state index contributed by atoms with van der Waals surface area (Å²) >= 11 is 6.08. The summed E-state index contributed by atoms with van der Waals surface area (Å²) in [4.78, 5) is 4.62. The number of alkyl halides is 1. The fourth-order valence-corrected chi connectivity index (χ4v) is 3.40. The lowest BCUT2D eigenvalue weighted by atomic mass is 9.87. The molecule has 0 N–H and O–H groups in total. The molecule has 1 aliphatic rings. The number of hydrogen-bond acceptors (Lipinski definition) is 2. The van der Waals surface area contributed by atoms with E-state index in [0.29, 0.717) is 17.5 Å². The van der Waals surface area contributed by atoms with Crippen LogP contribution in [0.1, 0.15) is 50.0 Å². The van der Waals surface area contributed by atoms with Crippen molar-refractivity contribution in [1.29, 1.82) is 5.26 Å². The molecule has 1 aliphatic carbocycles. The van der Waals surface area contributed by atoms with Gasteiger partial charge in [0, 0.05) is 6.04 Å². The minimum Gasteiger partial charge on any atom is -0.324 e. The summed E-state index contributed by atoms with van der Waals surface area (Å²) in [5.41, 5.74) is 2.68. The molecule has 0 saturated heterocycles. The zero-order valence-corrected chi connectivity index (χ0v) is 12.4. The molecule has 20 heavy (non-hydrogen) atoms. The van der Waals surface area contributed by atoms with Crippen molar-refractivity contribution in [3.63, 3.8) is 0 Å². The number of halogens is 1. The van der Waals surface area contributed by atoms with Crippen molar-refractivity contribution in [2.75, 3.05) is 0 Å². The third-order valence-electron chi connectivity index (χ3n) is 4.36. The highest BCUT2D eigenvalue weighted by Crippen LogP contribution is 2.35. The summed E-state index contributed by atoms with van der Waals surface area (Å²) in [6.07, 6.45) is 4.86. The monoisotopic (exact) mass is 287 g/mol. The van der Waals surface area contributed by atoms with Crippen LogP contribution in [-0.4, -0.2) is 9.55 Å². The molecule has 104 valence electrons. The van der Waals surface area contributed by atoms with Crippen molar-refractivity contribution < 1.29 is 0 Å². The van der Waals surface area contributed by atoms with Crippen LogP contribution in [0.4, 0.5) is 0 Å². The minimum atomic E-state index is 0.419. The van der Waals surface area contributed by atoms with Crippen molar-refractivity contribution in [2.24, 2.45) is 5.92 Å². The highest BCUT2D eigenvalue weighted by atomic mass is 35.5. The SMILES string of the molecule is CC1CCC(n2c(CCl)nc3ccc(C#N)cc32)CC1. The van der Waals surface area contributed by atoms with Crippen LogP contribution < -0.4 is 0 Å². The Morgan fingerprint density at radius 3 is 2.75 bits per heavy atom. The molecule has 1 heterocycles. The number of nitriles is 1. The predicted octanol–water partition coefficient (Wildman–Crippen LogP) is 4.40. The number of nitrogens with zero attached hydrogens (tertiary/aromatic N) is 3. The van der Waals surface area contributed by atoms with E-state index in [1.165, 1.54) is 25.7 Å². The van der Waals surface area contributed by atoms with Gasteiger partial charge in [0.2, 0.25) is 0 Å². The molecule has 1 aromatic heterocycles. The van der Waals surface area contributed by atoms with Gasteiger partial charge in [0.25, 0.3) is 0 Å². The van der Waals surface area contributed by atoms with Crippen LogP contribution >= 0.6 is 11.6 Å². The van der Waals surface area contributed by atoms with Gasteiger partial charge in [0.05, 0.1) is 28.5 Å². The number of rotatable bonds is 2. The van der Waals surface area contributed by atoms with Gasteiger partial charge in [-0.1, -0.05) is 6.92 Å². The molecule has 1 saturated carbocycles. The van der Waals surface area contributed by atoms with Crippen LogP contribution in [-0.2, 0) is 5.88 Å². The Morgan fingerprint density at radius 2 is 2.10 bits per heavy atom. The van der Waals surface area contributed by atoms with Crippen molar-refractivity contribution >= 4 is 22.6 Å². The first-order chi connectivity index (χ1) is 9.72. The lowest BCUT2D eigenvalue weighted by molar-refractivity contribution is 0.290. The summed E-state index contributed by atoms with van der Waals surface area (Å²) < 4.78 is 2.27. The quantitative estimate of drug-likeness (QED) is 0.768. The Kier molecular flexibility index (Phi) is 3.67. The molecule has 0 bridgehead atoms. The van der Waals surface area contributed by atoms with Gasteiger partial charge in [-0.3, -0.25) is 0 Å². The first kappa shape index (κ1) is 13.5. The average molecular weight is 288 g/mol. The molecule has 1 fully saturated rings. The number of aromatic nitrogens is 2. The van der Waals surface area contributed by atoms with Crippen molar-refractivity contribution in [3.8, 4) is 6.07 Å². The molecule has 4 heteroatoms. The second-order valence-corrected chi connectivity index (χ2v) is 6.03. The van der Waals surface area contributed by atoms with Gasteiger partial charge in [0.1, 0.15) is 5.82 Å². The van der Waals surface area contributed by atoms with Gasteiger partial charge in [-0.15, -0.1) is 11.6 Å². The number of hydrogen-bond donors (Lipinski definition) is 0. The molecule has 0 amide bonds. The fraction of sp³-hybridized carbons (Fsp3) is 0.500. The van der Waals surface area contributed by atoms with E-state index in [1.807, 2.05) is 18.2 Å². The van der Waals surface area contributed by atoms with E-state index in [1.54, 1.807) is 0 Å². The highest BCUT2D eigenvalue weighted by Gasteiger charge is 2.23. The maximum atomic E-state index is 9.09. The van der Waals surface area contributed by atoms with Gasteiger partial charge in [-0.2, -0.15) is 5.26 Å². The van der Waals surface area contributed by atoms with E-state index in [9.17, 15) is 0 Å². The standard InChI is InChI=1S/C16H18ClN3/c1-11-2-5-13(6-3-11)20-15-8-12(10-18)4-7-14(15)19-16(20)9-17/h4,7-8,11,13H,2-3,5-6,9H2,1H3. The normalized spacial score (nSPS) is 22.9. The van der Waals surface area contributed by atoms with E-state index in [4.69, 9.17) is 16.9 Å². The van der Waals surface area contributed by atoms with Crippen molar-refractivity contribution in [3.05, 3.63) is 29.6 Å². The van der Waals surface area contributed by atoms with Gasteiger partial charge < -0.3 is 4.57 Å². The Bertz CT molecular complexity index is 660. The molecule has 0 radical (unpaired) electrons. The summed E-state index contributed by atoms with van der Waals surface area (Å²) in [5.74, 6) is 2.16. The van der Waals surface area contributed by atoms with E-state index in [-0.39, 0.29) is 0 Å². The molecular formula is C16H18ClN3. The molecule has 0 aliphatic heterocycles. The number of imidazole rings is 1. The van der Waals surface area contributed by atoms with Gasteiger partial charge >= 0.3 is 0 Å². The first-order valence-corrected chi connectivity index (χ1v) is 7.73. The zero-order valence-electron chi connectivity index (χ0n) is 11.6. The summed E-state index contributed by atoms with van der Waals surface area (Å²) in [6, 6.07) is 8.36. The first-order valence-electron chi connectivity index (χ1n) is 7.20. The van der Waals surface area contributed by atoms with Gasteiger partial charge in [0.15, 0.2) is 0 Å². The van der Waals surface area contributed by atoms with E-state index in [2.05, 4.69) is 22.5 Å². The molecular weight excluding hydrogens is 270 g/mol. The van der Waals surface area contributed by atoms with Gasteiger partial charge in [-0.25, -0.2) is 4.98 Å². The number of fused-ring (bicyclic) bond motifs is 1. The zero-order chi connectivity index (χ0) is 14.1. The smallest absolute Gasteiger partial charge is 0.125 e. The summed E-state index contributed by atoms with van der Waals surface area (Å²) in [5, 5.41) is 9.09. The fourth-order valence-electron chi connectivity index (χ4n) is 3.21. The summed E-state index contributed by atoms with van der Waals surface area (Å²) in [7, 11) is 0. The summed E-state index contributed by atoms with van der Waals surface area (Å²) in [6.45, 7) is 2.32. The Hall–Kier alpha value is -1.53. The molecule has 3 rings (SSSR count). The lowest BCUT2D eigenvalue weighted by Gasteiger charge is -2.28. The van der Waals surface area contributed by atoms with E-state index in [0.717, 1.165) is 22.8 Å². The number of benzene rings is 1. The predicted molar refractivity (Wildman–Crippen MR) is 80.7 cm³/mol. The van der Waals surface area contributed by atoms with E-state index >= 15 is 0 Å².